The number of hydrogen-bond acceptors (Lipinski definition) is 5. The van der Waals surface area contributed by atoms with E-state index in [2.05, 4.69) is 13.2 Å². The molecule has 9 heteroatoms. The number of nitrogens with zero attached hydrogens (tertiary/aromatic N) is 3. The fourth-order valence-electron chi connectivity index (χ4n) is 6.89. The van der Waals surface area contributed by atoms with E-state index >= 15 is 0 Å². The molecule has 1 aromatic rings. The van der Waals surface area contributed by atoms with Crippen molar-refractivity contribution in [3.63, 3.8) is 0 Å². The molecule has 7 atom stereocenters. The van der Waals surface area contributed by atoms with Gasteiger partial charge in [-0.05, 0) is 37.3 Å². The maximum absolute atomic E-state index is 14.7. The van der Waals surface area contributed by atoms with Gasteiger partial charge in [-0.1, -0.05) is 56.2 Å². The second-order valence-electron chi connectivity index (χ2n) is 11.1. The Morgan fingerprint density at radius 1 is 1.28 bits per heavy atom. The van der Waals surface area contributed by atoms with Crippen LogP contribution in [0.5, 0.6) is 0 Å². The lowest BCUT2D eigenvalue weighted by molar-refractivity contribution is -0.148. The normalized spacial score (nSPS) is 28.7. The number of aliphatic hydroxyl groups is 1. The minimum absolute atomic E-state index is 0.0887. The zero-order valence-corrected chi connectivity index (χ0v) is 24.1. The van der Waals surface area contributed by atoms with Crippen LogP contribution in [0.4, 0.5) is 5.69 Å². The van der Waals surface area contributed by atoms with Crippen molar-refractivity contribution in [2.45, 2.75) is 63.8 Å². The number of halogens is 1. The Kier molecular flexibility index (Phi) is 8.59. The number of carbonyl (C=O) groups excluding carboxylic acids is 3. The molecule has 1 spiro atoms. The summed E-state index contributed by atoms with van der Waals surface area (Å²) in [4.78, 5) is 47.4. The Morgan fingerprint density at radius 3 is 2.56 bits per heavy atom. The number of anilines is 1. The third-order valence-corrected chi connectivity index (χ3v) is 9.22. The Morgan fingerprint density at radius 2 is 1.97 bits per heavy atom. The highest BCUT2D eigenvalue weighted by molar-refractivity contribution is 6.34. The molecule has 3 fully saturated rings. The minimum Gasteiger partial charge on any atom is -0.394 e. The first-order valence-electron chi connectivity index (χ1n) is 13.7. The largest absolute Gasteiger partial charge is 0.394 e. The van der Waals surface area contributed by atoms with Crippen LogP contribution in [0.1, 0.15) is 38.7 Å². The number of aliphatic hydroxyl groups excluding tert-OH is 1. The van der Waals surface area contributed by atoms with Gasteiger partial charge in [-0.3, -0.25) is 14.4 Å². The van der Waals surface area contributed by atoms with Crippen molar-refractivity contribution in [2.24, 2.45) is 17.8 Å². The van der Waals surface area contributed by atoms with E-state index in [0.29, 0.717) is 36.5 Å². The van der Waals surface area contributed by atoms with E-state index in [1.54, 1.807) is 40.0 Å². The molecule has 8 nitrogen and oxygen atoms in total. The van der Waals surface area contributed by atoms with Crippen LogP contribution in [-0.2, 0) is 19.1 Å². The maximum Gasteiger partial charge on any atom is 0.253 e. The van der Waals surface area contributed by atoms with E-state index in [1.807, 2.05) is 32.9 Å². The predicted octanol–water partition coefficient (Wildman–Crippen LogP) is 3.59. The predicted molar refractivity (Wildman–Crippen MR) is 151 cm³/mol. The number of fused-ring (bicyclic) bond motifs is 1. The number of aryl methyl sites for hydroxylation is 1. The van der Waals surface area contributed by atoms with Crippen LogP contribution < -0.4 is 4.90 Å². The Balaban J connectivity index is 1.87. The van der Waals surface area contributed by atoms with E-state index in [9.17, 15) is 19.5 Å². The van der Waals surface area contributed by atoms with Crippen LogP contribution in [0.15, 0.2) is 43.5 Å². The quantitative estimate of drug-likeness (QED) is 0.420. The van der Waals surface area contributed by atoms with Crippen LogP contribution in [0.25, 0.3) is 0 Å². The van der Waals surface area contributed by atoms with E-state index in [4.69, 9.17) is 16.3 Å². The second kappa shape index (κ2) is 11.4. The standard InChI is InChI=1S/C30H40ClN3O5/c1-7-15-32(6)27(36)23-22-13-14-30(39-22)24(23)28(37)34(21(17-35)18(4)9-3)26(30)29(38)33(16-8-2)25-19(5)11-10-12-20(25)31/h7-8,10-12,18,21-24,26,35H,1-2,9,13-17H2,3-6H3/t18-,21-,22-,23+,24-,26?,30?/m0/s1. The zero-order chi connectivity index (χ0) is 28.6. The van der Waals surface area contributed by atoms with Gasteiger partial charge < -0.3 is 24.5 Å². The number of likely N-dealkylation sites (tertiary alicyclic amines) is 1. The lowest BCUT2D eigenvalue weighted by Gasteiger charge is -2.41. The molecule has 0 radical (unpaired) electrons. The lowest BCUT2D eigenvalue weighted by atomic mass is 9.70. The number of para-hydroxylation sites is 1. The molecule has 39 heavy (non-hydrogen) atoms. The van der Waals surface area contributed by atoms with Gasteiger partial charge >= 0.3 is 0 Å². The van der Waals surface area contributed by atoms with Gasteiger partial charge in [0.1, 0.15) is 11.6 Å². The maximum atomic E-state index is 14.7. The molecule has 0 aliphatic carbocycles. The van der Waals surface area contributed by atoms with Gasteiger partial charge in [0, 0.05) is 20.1 Å². The van der Waals surface area contributed by atoms with Crippen LogP contribution in [0.2, 0.25) is 5.02 Å². The molecular formula is C30H40ClN3O5. The molecule has 1 aromatic carbocycles. The van der Waals surface area contributed by atoms with E-state index in [-0.39, 0.29) is 36.8 Å². The number of benzene rings is 1. The average molecular weight is 558 g/mol. The van der Waals surface area contributed by atoms with Crippen LogP contribution in [0.3, 0.4) is 0 Å². The van der Waals surface area contributed by atoms with Gasteiger partial charge in [0.25, 0.3) is 5.91 Å². The number of amides is 3. The molecule has 2 unspecified atom stereocenters. The lowest BCUT2D eigenvalue weighted by Crippen LogP contribution is -2.60. The third kappa shape index (κ3) is 4.60. The van der Waals surface area contributed by atoms with E-state index in [0.717, 1.165) is 5.56 Å². The van der Waals surface area contributed by atoms with Gasteiger partial charge in [0.05, 0.1) is 41.3 Å². The van der Waals surface area contributed by atoms with Crippen molar-refractivity contribution in [2.75, 3.05) is 31.6 Å². The van der Waals surface area contributed by atoms with Gasteiger partial charge in [-0.15, -0.1) is 13.2 Å². The number of carbonyl (C=O) groups is 3. The first kappa shape index (κ1) is 29.3. The number of rotatable bonds is 11. The first-order valence-corrected chi connectivity index (χ1v) is 14.1. The highest BCUT2D eigenvalue weighted by Crippen LogP contribution is 2.59. The summed E-state index contributed by atoms with van der Waals surface area (Å²) in [5.41, 5.74) is 0.175. The highest BCUT2D eigenvalue weighted by Gasteiger charge is 2.75. The molecule has 212 valence electrons. The van der Waals surface area contributed by atoms with Gasteiger partial charge in [0.2, 0.25) is 11.8 Å². The van der Waals surface area contributed by atoms with Gasteiger partial charge in [-0.25, -0.2) is 0 Å². The molecule has 2 bridgehead atoms. The average Bonchev–Trinajstić information content (AvgIpc) is 3.55. The Labute approximate surface area is 236 Å². The summed E-state index contributed by atoms with van der Waals surface area (Å²) in [7, 11) is 1.68. The van der Waals surface area contributed by atoms with Crippen molar-refractivity contribution in [1.29, 1.82) is 0 Å². The molecule has 0 aromatic heterocycles. The molecule has 0 saturated carbocycles. The van der Waals surface area contributed by atoms with Crippen molar-refractivity contribution in [3.8, 4) is 0 Å². The third-order valence-electron chi connectivity index (χ3n) is 8.92. The summed E-state index contributed by atoms with van der Waals surface area (Å²) in [5.74, 6) is -2.47. The van der Waals surface area contributed by atoms with Gasteiger partial charge in [-0.2, -0.15) is 0 Å². The monoisotopic (exact) mass is 557 g/mol. The van der Waals surface area contributed by atoms with Gasteiger partial charge in [0.15, 0.2) is 0 Å². The van der Waals surface area contributed by atoms with Crippen LogP contribution in [0, 0.1) is 24.7 Å². The van der Waals surface area contributed by atoms with Crippen LogP contribution in [-0.4, -0.2) is 83.2 Å². The fourth-order valence-corrected chi connectivity index (χ4v) is 7.22. The minimum atomic E-state index is -1.18. The molecule has 1 N–H and O–H groups in total. The Hall–Kier alpha value is -2.68. The zero-order valence-electron chi connectivity index (χ0n) is 23.3. The molecule has 3 heterocycles. The summed E-state index contributed by atoms with van der Waals surface area (Å²) in [6.45, 7) is 13.6. The second-order valence-corrected chi connectivity index (χ2v) is 11.5. The van der Waals surface area contributed by atoms with Crippen molar-refractivity contribution in [1.82, 2.24) is 9.80 Å². The van der Waals surface area contributed by atoms with Crippen molar-refractivity contribution in [3.05, 3.63) is 54.1 Å². The summed E-state index contributed by atoms with van der Waals surface area (Å²) in [6.07, 6.45) is 4.54. The number of ether oxygens (including phenoxy) is 1. The first-order chi connectivity index (χ1) is 18.6. The van der Waals surface area contributed by atoms with Crippen molar-refractivity contribution >= 4 is 35.0 Å². The number of hydrogen-bond donors (Lipinski definition) is 1. The molecule has 3 saturated heterocycles. The summed E-state index contributed by atoms with van der Waals surface area (Å²) in [5, 5.41) is 10.9. The summed E-state index contributed by atoms with van der Waals surface area (Å²) < 4.78 is 6.59. The smallest absolute Gasteiger partial charge is 0.253 e. The van der Waals surface area contributed by atoms with E-state index in [1.165, 1.54) is 0 Å². The molecule has 3 aliphatic rings. The molecular weight excluding hydrogens is 518 g/mol. The summed E-state index contributed by atoms with van der Waals surface area (Å²) >= 11 is 6.62. The molecule has 4 rings (SSSR count). The molecule has 3 aliphatic heterocycles. The van der Waals surface area contributed by atoms with E-state index < -0.39 is 35.6 Å². The summed E-state index contributed by atoms with van der Waals surface area (Å²) in [6, 6.07) is 3.78. The Bertz CT molecular complexity index is 1140. The SMILES string of the molecule is C=CCN(C)C(=O)[C@@H]1[C@@H]2CCC3(O2)C(C(=O)N(CC=C)c2c(C)cccc2Cl)N([C@@H](CO)[C@@H](C)CC)C(=O)[C@H]13. The highest BCUT2D eigenvalue weighted by atomic mass is 35.5. The fraction of sp³-hybridized carbons (Fsp3) is 0.567. The van der Waals surface area contributed by atoms with Crippen molar-refractivity contribution < 1.29 is 24.2 Å². The van der Waals surface area contributed by atoms with Crippen LogP contribution >= 0.6 is 11.6 Å². The topological polar surface area (TPSA) is 90.4 Å². The molecule has 3 amide bonds. The number of likely N-dealkylation sites (N-methyl/N-ethyl adjacent to an activating group) is 1.